The summed E-state index contributed by atoms with van der Waals surface area (Å²) in [7, 11) is 0. The zero-order valence-electron chi connectivity index (χ0n) is 11.5. The lowest BCUT2D eigenvalue weighted by Gasteiger charge is -2.15. The third kappa shape index (κ3) is 3.33. The van der Waals surface area contributed by atoms with Crippen LogP contribution < -0.4 is 10.5 Å². The van der Waals surface area contributed by atoms with Gasteiger partial charge in [0.15, 0.2) is 0 Å². The summed E-state index contributed by atoms with van der Waals surface area (Å²) < 4.78 is 32.2. The van der Waals surface area contributed by atoms with Crippen LogP contribution in [-0.4, -0.2) is 0 Å². The van der Waals surface area contributed by atoms with Crippen molar-refractivity contribution in [3.63, 3.8) is 0 Å². The van der Waals surface area contributed by atoms with Crippen LogP contribution in [0.2, 0.25) is 0 Å². The van der Waals surface area contributed by atoms with Crippen molar-refractivity contribution in [2.75, 3.05) is 0 Å². The molecule has 2 rings (SSSR count). The minimum atomic E-state index is -0.485. The molecule has 0 aliphatic rings. The molecule has 0 unspecified atom stereocenters. The first-order valence-corrected chi connectivity index (χ1v) is 6.40. The molecule has 0 radical (unpaired) electrons. The Labute approximate surface area is 117 Å². The van der Waals surface area contributed by atoms with Gasteiger partial charge in [-0.3, -0.25) is 0 Å². The number of hydrogen-bond donors (Lipinski definition) is 1. The van der Waals surface area contributed by atoms with E-state index in [2.05, 4.69) is 0 Å². The summed E-state index contributed by atoms with van der Waals surface area (Å²) >= 11 is 0. The molecule has 0 spiro atoms. The van der Waals surface area contributed by atoms with E-state index in [-0.39, 0.29) is 18.2 Å². The smallest absolute Gasteiger partial charge is 0.130 e. The Morgan fingerprint density at radius 2 is 1.90 bits per heavy atom. The molecular weight excluding hydrogens is 260 g/mol. The van der Waals surface area contributed by atoms with Gasteiger partial charge >= 0.3 is 0 Å². The molecule has 4 heteroatoms. The molecular formula is C16H17F2NO. The Bertz CT molecular complexity index is 611. The Balaban J connectivity index is 2.20. The fourth-order valence-corrected chi connectivity index (χ4v) is 1.96. The number of ether oxygens (including phenoxy) is 1. The first-order chi connectivity index (χ1) is 9.47. The number of aryl methyl sites for hydroxylation is 1. The molecule has 106 valence electrons. The molecule has 2 aromatic rings. The highest BCUT2D eigenvalue weighted by Crippen LogP contribution is 2.26. The minimum Gasteiger partial charge on any atom is -0.488 e. The van der Waals surface area contributed by atoms with Crippen molar-refractivity contribution >= 4 is 0 Å². The topological polar surface area (TPSA) is 35.2 Å². The monoisotopic (exact) mass is 277 g/mol. The Morgan fingerprint density at radius 1 is 1.15 bits per heavy atom. The highest BCUT2D eigenvalue weighted by Gasteiger charge is 2.10. The van der Waals surface area contributed by atoms with Crippen LogP contribution in [0.25, 0.3) is 0 Å². The second-order valence-corrected chi connectivity index (χ2v) is 4.85. The van der Waals surface area contributed by atoms with Crippen molar-refractivity contribution in [3.05, 3.63) is 64.7 Å². The fourth-order valence-electron chi connectivity index (χ4n) is 1.96. The van der Waals surface area contributed by atoms with Gasteiger partial charge in [-0.2, -0.15) is 0 Å². The second kappa shape index (κ2) is 6.01. The van der Waals surface area contributed by atoms with Crippen molar-refractivity contribution in [3.8, 4) is 5.75 Å². The van der Waals surface area contributed by atoms with Crippen LogP contribution in [0.5, 0.6) is 5.75 Å². The molecule has 0 heterocycles. The first-order valence-electron chi connectivity index (χ1n) is 6.40. The van der Waals surface area contributed by atoms with Gasteiger partial charge in [-0.25, -0.2) is 8.78 Å². The first kappa shape index (κ1) is 14.5. The maximum atomic E-state index is 13.5. The van der Waals surface area contributed by atoms with Gasteiger partial charge in [-0.1, -0.05) is 17.7 Å². The SMILES string of the molecule is Cc1ccc(OCc2cc(F)ccc2F)c([C@@H](C)N)c1. The van der Waals surface area contributed by atoms with Crippen molar-refractivity contribution in [2.45, 2.75) is 26.5 Å². The maximum Gasteiger partial charge on any atom is 0.130 e. The van der Waals surface area contributed by atoms with Gasteiger partial charge in [-0.15, -0.1) is 0 Å². The van der Waals surface area contributed by atoms with Gasteiger partial charge in [-0.05, 0) is 38.1 Å². The van der Waals surface area contributed by atoms with E-state index in [9.17, 15) is 8.78 Å². The van der Waals surface area contributed by atoms with Crippen LogP contribution in [0.4, 0.5) is 8.78 Å². The number of rotatable bonds is 4. The average molecular weight is 277 g/mol. The van der Waals surface area contributed by atoms with Gasteiger partial charge in [0.2, 0.25) is 0 Å². The van der Waals surface area contributed by atoms with E-state index in [4.69, 9.17) is 10.5 Å². The average Bonchev–Trinajstić information content (AvgIpc) is 2.40. The van der Waals surface area contributed by atoms with E-state index in [1.54, 1.807) is 6.07 Å². The summed E-state index contributed by atoms with van der Waals surface area (Å²) in [5, 5.41) is 0. The van der Waals surface area contributed by atoms with Crippen LogP contribution in [0.15, 0.2) is 36.4 Å². The number of hydrogen-bond acceptors (Lipinski definition) is 2. The zero-order valence-corrected chi connectivity index (χ0v) is 11.5. The lowest BCUT2D eigenvalue weighted by atomic mass is 10.1. The number of halogens is 2. The summed E-state index contributed by atoms with van der Waals surface area (Å²) in [6.07, 6.45) is 0. The molecule has 1 atom stereocenters. The fraction of sp³-hybridized carbons (Fsp3) is 0.250. The molecule has 0 aromatic heterocycles. The molecule has 0 aliphatic heterocycles. The Morgan fingerprint density at radius 3 is 2.60 bits per heavy atom. The molecule has 20 heavy (non-hydrogen) atoms. The van der Waals surface area contributed by atoms with Gasteiger partial charge in [0.25, 0.3) is 0 Å². The summed E-state index contributed by atoms with van der Waals surface area (Å²) in [6.45, 7) is 3.78. The number of nitrogens with two attached hydrogens (primary N) is 1. The van der Waals surface area contributed by atoms with Crippen LogP contribution in [0.1, 0.15) is 29.7 Å². The van der Waals surface area contributed by atoms with E-state index in [1.165, 1.54) is 0 Å². The number of benzene rings is 2. The lowest BCUT2D eigenvalue weighted by molar-refractivity contribution is 0.294. The molecule has 2 aromatic carbocycles. The van der Waals surface area contributed by atoms with Crippen LogP contribution in [0, 0.1) is 18.6 Å². The van der Waals surface area contributed by atoms with Crippen LogP contribution in [-0.2, 0) is 6.61 Å². The quantitative estimate of drug-likeness (QED) is 0.920. The summed E-state index contributed by atoms with van der Waals surface area (Å²) in [5.74, 6) is -0.378. The molecule has 0 amide bonds. The minimum absolute atomic E-state index is 0.0353. The van der Waals surface area contributed by atoms with Gasteiger partial charge in [0, 0.05) is 17.2 Å². The van der Waals surface area contributed by atoms with Gasteiger partial charge < -0.3 is 10.5 Å². The van der Waals surface area contributed by atoms with Crippen molar-refractivity contribution in [2.24, 2.45) is 5.73 Å². The zero-order chi connectivity index (χ0) is 14.7. The van der Waals surface area contributed by atoms with E-state index in [0.717, 1.165) is 29.3 Å². The van der Waals surface area contributed by atoms with Crippen LogP contribution in [0.3, 0.4) is 0 Å². The predicted molar refractivity (Wildman–Crippen MR) is 74.5 cm³/mol. The highest BCUT2D eigenvalue weighted by molar-refractivity contribution is 5.39. The Kier molecular flexibility index (Phi) is 4.35. The van der Waals surface area contributed by atoms with Crippen LogP contribution >= 0.6 is 0 Å². The Hall–Kier alpha value is -1.94. The van der Waals surface area contributed by atoms with E-state index < -0.39 is 11.6 Å². The summed E-state index contributed by atoms with van der Waals surface area (Å²) in [5.41, 5.74) is 7.99. The van der Waals surface area contributed by atoms with Crippen molar-refractivity contribution < 1.29 is 13.5 Å². The van der Waals surface area contributed by atoms with E-state index in [1.807, 2.05) is 26.0 Å². The standard InChI is InChI=1S/C16H17F2NO/c1-10-3-6-16(14(7-10)11(2)19)20-9-12-8-13(17)4-5-15(12)18/h3-8,11H,9,19H2,1-2H3/t11-/m1/s1. The third-order valence-electron chi connectivity index (χ3n) is 3.05. The molecule has 0 bridgehead atoms. The van der Waals surface area contributed by atoms with Gasteiger partial charge in [0.1, 0.15) is 24.0 Å². The van der Waals surface area contributed by atoms with E-state index in [0.29, 0.717) is 5.75 Å². The van der Waals surface area contributed by atoms with Gasteiger partial charge in [0.05, 0.1) is 0 Å². The molecule has 0 fully saturated rings. The normalized spacial score (nSPS) is 12.2. The highest BCUT2D eigenvalue weighted by atomic mass is 19.1. The van der Waals surface area contributed by atoms with E-state index >= 15 is 0 Å². The summed E-state index contributed by atoms with van der Waals surface area (Å²) in [6, 6.07) is 8.74. The second-order valence-electron chi connectivity index (χ2n) is 4.85. The maximum absolute atomic E-state index is 13.5. The molecule has 0 saturated heterocycles. The molecule has 2 N–H and O–H groups in total. The third-order valence-corrected chi connectivity index (χ3v) is 3.05. The van der Waals surface area contributed by atoms with Crippen molar-refractivity contribution in [1.82, 2.24) is 0 Å². The molecule has 0 saturated carbocycles. The predicted octanol–water partition coefficient (Wildman–Crippen LogP) is 3.87. The molecule has 0 aliphatic carbocycles. The molecule has 2 nitrogen and oxygen atoms in total. The summed E-state index contributed by atoms with van der Waals surface area (Å²) in [4.78, 5) is 0. The van der Waals surface area contributed by atoms with Crippen molar-refractivity contribution in [1.29, 1.82) is 0 Å². The lowest BCUT2D eigenvalue weighted by Crippen LogP contribution is -2.09. The largest absolute Gasteiger partial charge is 0.488 e.